The molecule has 5 heteroatoms. The van der Waals surface area contributed by atoms with Gasteiger partial charge in [0.15, 0.2) is 0 Å². The topological polar surface area (TPSA) is 50.7 Å². The molecular formula is C13H17N3OS. The molecule has 0 aliphatic heterocycles. The summed E-state index contributed by atoms with van der Waals surface area (Å²) in [7, 11) is 1.80. The Labute approximate surface area is 110 Å². The summed E-state index contributed by atoms with van der Waals surface area (Å²) < 4.78 is 1.69. The van der Waals surface area contributed by atoms with E-state index in [1.165, 1.54) is 0 Å². The molecule has 0 spiro atoms. The minimum atomic E-state index is 0.0373. The smallest absolute Gasteiger partial charge is 0.253 e. The summed E-state index contributed by atoms with van der Waals surface area (Å²) in [6, 6.07) is 1.93. The summed E-state index contributed by atoms with van der Waals surface area (Å²) in [5.74, 6) is 0. The lowest BCUT2D eigenvalue weighted by atomic mass is 10.1. The van der Waals surface area contributed by atoms with E-state index in [1.54, 1.807) is 23.4 Å². The van der Waals surface area contributed by atoms with E-state index in [0.29, 0.717) is 0 Å². The van der Waals surface area contributed by atoms with Crippen molar-refractivity contribution in [3.63, 3.8) is 0 Å². The summed E-state index contributed by atoms with van der Waals surface area (Å²) in [4.78, 5) is 12.0. The van der Waals surface area contributed by atoms with Gasteiger partial charge in [-0.05, 0) is 38.7 Å². The van der Waals surface area contributed by atoms with Crippen LogP contribution in [0.1, 0.15) is 16.7 Å². The van der Waals surface area contributed by atoms with Gasteiger partial charge in [-0.15, -0.1) is 11.8 Å². The summed E-state index contributed by atoms with van der Waals surface area (Å²) in [5.41, 5.74) is 4.81. The number of thioether (sulfide) groups is 1. The highest BCUT2D eigenvalue weighted by Crippen LogP contribution is 2.28. The number of nitrogens with one attached hydrogen (secondary N) is 1. The van der Waals surface area contributed by atoms with Gasteiger partial charge in [0.2, 0.25) is 0 Å². The average Bonchev–Trinajstić information content (AvgIpc) is 2.68. The van der Waals surface area contributed by atoms with Crippen LogP contribution in [-0.2, 0) is 7.05 Å². The Kier molecular flexibility index (Phi) is 3.34. The molecule has 0 saturated heterocycles. The van der Waals surface area contributed by atoms with Crippen LogP contribution in [0.25, 0.3) is 11.4 Å². The zero-order chi connectivity index (χ0) is 13.4. The third-order valence-electron chi connectivity index (χ3n) is 3.18. The van der Waals surface area contributed by atoms with Crippen molar-refractivity contribution in [3.8, 4) is 11.4 Å². The number of aromatic nitrogens is 3. The predicted molar refractivity (Wildman–Crippen MR) is 75.3 cm³/mol. The second-order valence-electron chi connectivity index (χ2n) is 4.46. The fraction of sp³-hybridized carbons (Fsp3) is 0.385. The molecule has 2 rings (SSSR count). The van der Waals surface area contributed by atoms with E-state index < -0.39 is 0 Å². The number of rotatable bonds is 2. The average molecular weight is 263 g/mol. The van der Waals surface area contributed by atoms with E-state index in [0.717, 1.165) is 33.1 Å². The summed E-state index contributed by atoms with van der Waals surface area (Å²) >= 11 is 1.60. The fourth-order valence-corrected chi connectivity index (χ4v) is 2.81. The molecule has 0 aliphatic carbocycles. The monoisotopic (exact) mass is 263 g/mol. The van der Waals surface area contributed by atoms with Gasteiger partial charge in [0.05, 0.1) is 11.4 Å². The van der Waals surface area contributed by atoms with Gasteiger partial charge in [-0.3, -0.25) is 9.89 Å². The molecule has 4 nitrogen and oxygen atoms in total. The van der Waals surface area contributed by atoms with Crippen LogP contribution in [0.5, 0.6) is 0 Å². The van der Waals surface area contributed by atoms with Crippen LogP contribution in [0.4, 0.5) is 0 Å². The molecule has 0 aromatic carbocycles. The maximum Gasteiger partial charge on any atom is 0.253 e. The van der Waals surface area contributed by atoms with Gasteiger partial charge in [0.1, 0.15) is 5.03 Å². The lowest BCUT2D eigenvalue weighted by Gasteiger charge is -2.12. The predicted octanol–water partition coefficient (Wildman–Crippen LogP) is 2.42. The van der Waals surface area contributed by atoms with Crippen molar-refractivity contribution >= 4 is 11.8 Å². The summed E-state index contributed by atoms with van der Waals surface area (Å²) in [6.45, 7) is 5.88. The van der Waals surface area contributed by atoms with Crippen LogP contribution in [0.15, 0.2) is 15.9 Å². The molecule has 2 aromatic rings. The van der Waals surface area contributed by atoms with Crippen LogP contribution < -0.4 is 5.56 Å². The molecule has 18 heavy (non-hydrogen) atoms. The lowest BCUT2D eigenvalue weighted by Crippen LogP contribution is -2.21. The molecule has 0 aliphatic rings. The van der Waals surface area contributed by atoms with Gasteiger partial charge in [-0.2, -0.15) is 5.10 Å². The van der Waals surface area contributed by atoms with Gasteiger partial charge in [-0.1, -0.05) is 0 Å². The van der Waals surface area contributed by atoms with Crippen LogP contribution in [0, 0.1) is 20.8 Å². The van der Waals surface area contributed by atoms with E-state index in [4.69, 9.17) is 0 Å². The summed E-state index contributed by atoms with van der Waals surface area (Å²) in [6.07, 6.45) is 1.99. The van der Waals surface area contributed by atoms with E-state index in [2.05, 4.69) is 10.2 Å². The Morgan fingerprint density at radius 2 is 1.94 bits per heavy atom. The molecule has 0 saturated carbocycles. The molecule has 0 amide bonds. The molecule has 0 radical (unpaired) electrons. The first-order chi connectivity index (χ1) is 8.47. The molecule has 96 valence electrons. The highest BCUT2D eigenvalue weighted by atomic mass is 32.2. The molecule has 0 atom stereocenters. The minimum Gasteiger partial charge on any atom is -0.309 e. The minimum absolute atomic E-state index is 0.0373. The Morgan fingerprint density at radius 1 is 1.28 bits per heavy atom. The van der Waals surface area contributed by atoms with Crippen molar-refractivity contribution in [3.05, 3.63) is 33.1 Å². The normalized spacial score (nSPS) is 10.9. The van der Waals surface area contributed by atoms with Crippen molar-refractivity contribution in [2.45, 2.75) is 25.8 Å². The summed E-state index contributed by atoms with van der Waals surface area (Å²) in [5, 5.41) is 8.28. The Bertz CT molecular complexity index is 655. The molecule has 2 aromatic heterocycles. The van der Waals surface area contributed by atoms with Gasteiger partial charge in [0.25, 0.3) is 5.56 Å². The van der Waals surface area contributed by atoms with E-state index in [9.17, 15) is 4.79 Å². The van der Waals surface area contributed by atoms with Crippen molar-refractivity contribution in [1.29, 1.82) is 0 Å². The van der Waals surface area contributed by atoms with Gasteiger partial charge in [-0.25, -0.2) is 0 Å². The number of hydrogen-bond donors (Lipinski definition) is 1. The van der Waals surface area contributed by atoms with Gasteiger partial charge < -0.3 is 4.57 Å². The van der Waals surface area contributed by atoms with Gasteiger partial charge >= 0.3 is 0 Å². The number of hydrogen-bond acceptors (Lipinski definition) is 3. The van der Waals surface area contributed by atoms with Crippen LogP contribution in [0.2, 0.25) is 0 Å². The first kappa shape index (κ1) is 13.0. The third-order valence-corrected chi connectivity index (χ3v) is 3.96. The Morgan fingerprint density at radius 3 is 2.50 bits per heavy atom. The van der Waals surface area contributed by atoms with E-state index in [-0.39, 0.29) is 5.56 Å². The highest BCUT2D eigenvalue weighted by Gasteiger charge is 2.16. The van der Waals surface area contributed by atoms with E-state index >= 15 is 0 Å². The molecule has 1 N–H and O–H groups in total. The van der Waals surface area contributed by atoms with Crippen molar-refractivity contribution in [2.24, 2.45) is 7.05 Å². The molecule has 2 heterocycles. The zero-order valence-electron chi connectivity index (χ0n) is 11.3. The van der Waals surface area contributed by atoms with Crippen molar-refractivity contribution < 1.29 is 0 Å². The van der Waals surface area contributed by atoms with Crippen molar-refractivity contribution in [1.82, 2.24) is 14.8 Å². The number of H-pyrrole nitrogens is 1. The van der Waals surface area contributed by atoms with Crippen LogP contribution in [0.3, 0.4) is 0 Å². The SMILES string of the molecule is CSc1n[nH]c(-c2c(C)cc(C)c(=O)n2C)c1C. The lowest BCUT2D eigenvalue weighted by molar-refractivity contribution is 0.843. The number of aromatic amines is 1. The maximum absolute atomic E-state index is 12.0. The Hall–Kier alpha value is -1.49. The fourth-order valence-electron chi connectivity index (χ4n) is 2.26. The zero-order valence-corrected chi connectivity index (χ0v) is 12.1. The maximum atomic E-state index is 12.0. The third kappa shape index (κ3) is 1.88. The molecule has 0 bridgehead atoms. The molecule has 0 unspecified atom stereocenters. The van der Waals surface area contributed by atoms with E-state index in [1.807, 2.05) is 33.1 Å². The highest BCUT2D eigenvalue weighted by molar-refractivity contribution is 7.98. The Balaban J connectivity index is 2.75. The molecule has 0 fully saturated rings. The van der Waals surface area contributed by atoms with Crippen LogP contribution >= 0.6 is 11.8 Å². The van der Waals surface area contributed by atoms with Crippen molar-refractivity contribution in [2.75, 3.05) is 6.26 Å². The van der Waals surface area contributed by atoms with Crippen LogP contribution in [-0.4, -0.2) is 21.0 Å². The van der Waals surface area contributed by atoms with Gasteiger partial charge in [0, 0.05) is 18.2 Å². The first-order valence-electron chi connectivity index (χ1n) is 5.74. The standard InChI is InChI=1S/C13H17N3OS/c1-7-6-8(2)13(17)16(4)11(7)10-9(3)12(18-5)15-14-10/h6H,1-5H3,(H,14,15). The quantitative estimate of drug-likeness (QED) is 0.847. The second-order valence-corrected chi connectivity index (χ2v) is 5.25. The number of pyridine rings is 1. The largest absolute Gasteiger partial charge is 0.309 e. The number of nitrogens with zero attached hydrogens (tertiary/aromatic N) is 2. The first-order valence-corrected chi connectivity index (χ1v) is 6.96. The second kappa shape index (κ2) is 4.65. The number of aryl methyl sites for hydroxylation is 2. The molecular weight excluding hydrogens is 246 g/mol.